The maximum Gasteiger partial charge on any atom is 0.216 e. The minimum Gasteiger partial charge on any atom is -0.481 e. The number of ether oxygens (including phenoxy) is 1. The second-order valence-electron chi connectivity index (χ2n) is 5.58. The van der Waals surface area contributed by atoms with Crippen LogP contribution in [0.3, 0.4) is 0 Å². The third kappa shape index (κ3) is 2.64. The highest BCUT2D eigenvalue weighted by molar-refractivity contribution is 5.14. The Morgan fingerprint density at radius 1 is 1.28 bits per heavy atom. The molecule has 0 amide bonds. The predicted molar refractivity (Wildman–Crippen MR) is 67.2 cm³/mol. The smallest absolute Gasteiger partial charge is 0.216 e. The predicted octanol–water partition coefficient (Wildman–Crippen LogP) is 1.82. The molecule has 1 unspecified atom stereocenters. The number of aliphatic hydroxyl groups is 1. The fourth-order valence-electron chi connectivity index (χ4n) is 2.93. The van der Waals surface area contributed by atoms with Crippen LogP contribution in [0, 0.1) is 17.8 Å². The van der Waals surface area contributed by atoms with Crippen LogP contribution in [0.25, 0.3) is 0 Å². The van der Waals surface area contributed by atoms with E-state index in [0.29, 0.717) is 18.2 Å². The number of aliphatic hydroxyl groups excluding tert-OH is 1. The fraction of sp³-hybridized carbons (Fsp3) is 0.714. The molecule has 1 heterocycles. The molecular formula is C14H20N2O2. The normalized spacial score (nSPS) is 21.1. The number of methoxy groups -OCH3 is 1. The molecule has 2 aliphatic rings. The summed E-state index contributed by atoms with van der Waals surface area (Å²) in [5, 5.41) is 10.4. The Kier molecular flexibility index (Phi) is 3.20. The summed E-state index contributed by atoms with van der Waals surface area (Å²) in [7, 11) is 1.60. The summed E-state index contributed by atoms with van der Waals surface area (Å²) < 4.78 is 5.08. The third-order valence-corrected chi connectivity index (χ3v) is 4.10. The van der Waals surface area contributed by atoms with Gasteiger partial charge in [-0.25, -0.2) is 9.97 Å². The molecule has 2 fully saturated rings. The standard InChI is InChI=1S/C14H20N2O2/c1-18-13-7-11(15-8-16-13)6-12(17)14(9-2-3-9)10-4-5-10/h7-10,12,14,17H,2-6H2,1H3. The van der Waals surface area contributed by atoms with Gasteiger partial charge in [0.05, 0.1) is 18.9 Å². The van der Waals surface area contributed by atoms with Crippen LogP contribution in [-0.4, -0.2) is 28.3 Å². The molecule has 4 nitrogen and oxygen atoms in total. The van der Waals surface area contributed by atoms with Gasteiger partial charge in [-0.05, 0) is 43.4 Å². The quantitative estimate of drug-likeness (QED) is 0.834. The second kappa shape index (κ2) is 4.84. The zero-order chi connectivity index (χ0) is 12.5. The van der Waals surface area contributed by atoms with Crippen LogP contribution in [0.2, 0.25) is 0 Å². The highest BCUT2D eigenvalue weighted by atomic mass is 16.5. The summed E-state index contributed by atoms with van der Waals surface area (Å²) in [6.45, 7) is 0. The molecule has 18 heavy (non-hydrogen) atoms. The Bertz CT molecular complexity index is 404. The minimum absolute atomic E-state index is 0.260. The first-order chi connectivity index (χ1) is 8.78. The van der Waals surface area contributed by atoms with E-state index in [9.17, 15) is 5.11 Å². The zero-order valence-corrected chi connectivity index (χ0v) is 10.7. The van der Waals surface area contributed by atoms with Crippen molar-refractivity contribution in [2.45, 2.75) is 38.2 Å². The summed E-state index contributed by atoms with van der Waals surface area (Å²) in [6.07, 6.45) is 7.05. The molecule has 1 N–H and O–H groups in total. The third-order valence-electron chi connectivity index (χ3n) is 4.10. The molecule has 0 aromatic carbocycles. The lowest BCUT2D eigenvalue weighted by atomic mass is 9.89. The van der Waals surface area contributed by atoms with Crippen molar-refractivity contribution in [1.82, 2.24) is 9.97 Å². The van der Waals surface area contributed by atoms with Crippen LogP contribution < -0.4 is 4.74 Å². The van der Waals surface area contributed by atoms with Gasteiger partial charge in [-0.2, -0.15) is 0 Å². The van der Waals surface area contributed by atoms with E-state index in [-0.39, 0.29) is 6.10 Å². The number of hydrogen-bond donors (Lipinski definition) is 1. The molecule has 4 heteroatoms. The number of nitrogens with zero attached hydrogens (tertiary/aromatic N) is 2. The molecule has 3 rings (SSSR count). The van der Waals surface area contributed by atoms with Gasteiger partial charge >= 0.3 is 0 Å². The van der Waals surface area contributed by atoms with E-state index in [2.05, 4.69) is 9.97 Å². The molecule has 0 spiro atoms. The monoisotopic (exact) mass is 248 g/mol. The largest absolute Gasteiger partial charge is 0.481 e. The highest BCUT2D eigenvalue weighted by Crippen LogP contribution is 2.51. The lowest BCUT2D eigenvalue weighted by molar-refractivity contribution is 0.0816. The van der Waals surface area contributed by atoms with Gasteiger partial charge in [0.2, 0.25) is 5.88 Å². The van der Waals surface area contributed by atoms with Gasteiger partial charge in [0.15, 0.2) is 0 Å². The Balaban J connectivity index is 1.66. The lowest BCUT2D eigenvalue weighted by Crippen LogP contribution is -2.26. The summed E-state index contributed by atoms with van der Waals surface area (Å²) in [5.41, 5.74) is 0.876. The minimum atomic E-state index is -0.260. The van der Waals surface area contributed by atoms with Crippen LogP contribution in [0.15, 0.2) is 12.4 Å². The van der Waals surface area contributed by atoms with Crippen molar-refractivity contribution in [2.24, 2.45) is 17.8 Å². The van der Waals surface area contributed by atoms with Crippen LogP contribution in [0.5, 0.6) is 5.88 Å². The van der Waals surface area contributed by atoms with Gasteiger partial charge in [-0.1, -0.05) is 0 Å². The van der Waals surface area contributed by atoms with E-state index in [0.717, 1.165) is 17.5 Å². The highest BCUT2D eigenvalue weighted by Gasteiger charge is 2.44. The van der Waals surface area contributed by atoms with E-state index in [1.54, 1.807) is 7.11 Å². The van der Waals surface area contributed by atoms with Gasteiger partial charge in [0.1, 0.15) is 6.33 Å². The van der Waals surface area contributed by atoms with Crippen molar-refractivity contribution in [2.75, 3.05) is 7.11 Å². The topological polar surface area (TPSA) is 55.2 Å². The Labute approximate surface area is 107 Å². The number of hydrogen-bond acceptors (Lipinski definition) is 4. The van der Waals surface area contributed by atoms with Crippen LogP contribution in [-0.2, 0) is 6.42 Å². The molecule has 0 saturated heterocycles. The van der Waals surface area contributed by atoms with Gasteiger partial charge in [-0.15, -0.1) is 0 Å². The Hall–Kier alpha value is -1.16. The van der Waals surface area contributed by atoms with Crippen molar-refractivity contribution < 1.29 is 9.84 Å². The molecule has 1 aromatic rings. The maximum atomic E-state index is 10.4. The van der Waals surface area contributed by atoms with Gasteiger partial charge in [-0.3, -0.25) is 0 Å². The summed E-state index contributed by atoms with van der Waals surface area (Å²) in [5.74, 6) is 2.58. The van der Waals surface area contributed by atoms with Crippen molar-refractivity contribution in [1.29, 1.82) is 0 Å². The lowest BCUT2D eigenvalue weighted by Gasteiger charge is -2.22. The Morgan fingerprint density at radius 3 is 2.50 bits per heavy atom. The number of rotatable bonds is 6. The van der Waals surface area contributed by atoms with E-state index in [1.807, 2.05) is 6.07 Å². The molecule has 98 valence electrons. The van der Waals surface area contributed by atoms with Crippen molar-refractivity contribution in [3.8, 4) is 5.88 Å². The average molecular weight is 248 g/mol. The molecule has 2 aliphatic carbocycles. The van der Waals surface area contributed by atoms with E-state index < -0.39 is 0 Å². The van der Waals surface area contributed by atoms with Gasteiger partial charge in [0.25, 0.3) is 0 Å². The summed E-state index contributed by atoms with van der Waals surface area (Å²) in [4.78, 5) is 8.21. The van der Waals surface area contributed by atoms with E-state index in [4.69, 9.17) is 4.74 Å². The molecule has 2 saturated carbocycles. The average Bonchev–Trinajstić information content (AvgIpc) is 3.23. The first-order valence-corrected chi connectivity index (χ1v) is 6.81. The maximum absolute atomic E-state index is 10.4. The van der Waals surface area contributed by atoms with Crippen molar-refractivity contribution in [3.63, 3.8) is 0 Å². The van der Waals surface area contributed by atoms with E-state index in [1.165, 1.54) is 32.0 Å². The molecular weight excluding hydrogens is 228 g/mol. The molecule has 1 aromatic heterocycles. The van der Waals surface area contributed by atoms with Gasteiger partial charge in [0, 0.05) is 12.5 Å². The number of aromatic nitrogens is 2. The van der Waals surface area contributed by atoms with Crippen LogP contribution >= 0.6 is 0 Å². The summed E-state index contributed by atoms with van der Waals surface area (Å²) in [6, 6.07) is 1.82. The van der Waals surface area contributed by atoms with Crippen molar-refractivity contribution >= 4 is 0 Å². The van der Waals surface area contributed by atoms with E-state index >= 15 is 0 Å². The fourth-order valence-corrected chi connectivity index (χ4v) is 2.93. The zero-order valence-electron chi connectivity index (χ0n) is 10.7. The molecule has 0 aliphatic heterocycles. The first-order valence-electron chi connectivity index (χ1n) is 6.81. The van der Waals surface area contributed by atoms with Gasteiger partial charge < -0.3 is 9.84 Å². The SMILES string of the molecule is COc1cc(CC(O)C(C2CC2)C2CC2)ncn1. The van der Waals surface area contributed by atoms with Crippen LogP contribution in [0.4, 0.5) is 0 Å². The molecule has 0 bridgehead atoms. The van der Waals surface area contributed by atoms with Crippen molar-refractivity contribution in [3.05, 3.63) is 18.1 Å². The Morgan fingerprint density at radius 2 is 1.94 bits per heavy atom. The summed E-state index contributed by atoms with van der Waals surface area (Å²) >= 11 is 0. The molecule has 1 atom stereocenters. The molecule has 0 radical (unpaired) electrons. The second-order valence-corrected chi connectivity index (χ2v) is 5.58. The first kappa shape index (κ1) is 11.9. The van der Waals surface area contributed by atoms with Crippen LogP contribution in [0.1, 0.15) is 31.4 Å².